The minimum absolute atomic E-state index is 0.0322. The summed E-state index contributed by atoms with van der Waals surface area (Å²) >= 11 is 0. The summed E-state index contributed by atoms with van der Waals surface area (Å²) in [4.78, 5) is 11.3. The van der Waals surface area contributed by atoms with E-state index < -0.39 is 0 Å². The summed E-state index contributed by atoms with van der Waals surface area (Å²) in [5.74, 6) is 1.24. The van der Waals surface area contributed by atoms with Gasteiger partial charge in [0.2, 0.25) is 0 Å². The lowest BCUT2D eigenvalue weighted by atomic mass is 9.77. The molecule has 1 fully saturated rings. The molecule has 2 nitrogen and oxygen atoms in total. The number of rotatable bonds is 4. The van der Waals surface area contributed by atoms with Crippen molar-refractivity contribution < 1.29 is 9.53 Å². The number of esters is 1. The Morgan fingerprint density at radius 3 is 2.60 bits per heavy atom. The van der Waals surface area contributed by atoms with E-state index in [4.69, 9.17) is 4.74 Å². The summed E-state index contributed by atoms with van der Waals surface area (Å²) in [6.45, 7) is 6.37. The normalized spacial score (nSPS) is 28.5. The first kappa shape index (κ1) is 12.5. The molecule has 2 heteroatoms. The maximum absolute atomic E-state index is 11.3. The Morgan fingerprint density at radius 1 is 1.33 bits per heavy atom. The molecular weight excluding hydrogens is 188 g/mol. The fourth-order valence-corrected chi connectivity index (χ4v) is 2.48. The van der Waals surface area contributed by atoms with E-state index >= 15 is 0 Å². The zero-order chi connectivity index (χ0) is 11.3. The van der Waals surface area contributed by atoms with Crippen LogP contribution in [0.2, 0.25) is 0 Å². The molecule has 0 aromatic heterocycles. The van der Waals surface area contributed by atoms with Crippen molar-refractivity contribution in [1.29, 1.82) is 0 Å². The molecule has 0 unspecified atom stereocenters. The van der Waals surface area contributed by atoms with Gasteiger partial charge in [0.25, 0.3) is 0 Å². The van der Waals surface area contributed by atoms with Crippen LogP contribution in [0, 0.1) is 11.8 Å². The van der Waals surface area contributed by atoms with E-state index in [9.17, 15) is 4.79 Å². The number of hydrogen-bond donors (Lipinski definition) is 0. The Morgan fingerprint density at radius 2 is 2.00 bits per heavy atom. The van der Waals surface area contributed by atoms with Crippen LogP contribution in [-0.2, 0) is 9.53 Å². The highest BCUT2D eigenvalue weighted by Gasteiger charge is 2.31. The maximum Gasteiger partial charge on any atom is 0.305 e. The summed E-state index contributed by atoms with van der Waals surface area (Å²) < 4.78 is 5.54. The van der Waals surface area contributed by atoms with E-state index in [-0.39, 0.29) is 12.1 Å². The lowest BCUT2D eigenvalue weighted by molar-refractivity contribution is -0.154. The predicted octanol–water partition coefficient (Wildman–Crippen LogP) is 3.54. The molecule has 3 atom stereocenters. The predicted molar refractivity (Wildman–Crippen MR) is 61.6 cm³/mol. The summed E-state index contributed by atoms with van der Waals surface area (Å²) in [6, 6.07) is 0. The first-order chi connectivity index (χ1) is 7.19. The summed E-state index contributed by atoms with van der Waals surface area (Å²) in [5, 5.41) is 0. The first-order valence-corrected chi connectivity index (χ1v) is 6.38. The molecule has 0 bridgehead atoms. The SMILES string of the molecule is CCC(=O)O[C@H]1CCCC[C@@H]1[C@@H](C)CC. The van der Waals surface area contributed by atoms with Gasteiger partial charge in [-0.05, 0) is 31.1 Å². The smallest absolute Gasteiger partial charge is 0.305 e. The molecule has 0 N–H and O–H groups in total. The minimum Gasteiger partial charge on any atom is -0.462 e. The minimum atomic E-state index is -0.0322. The van der Waals surface area contributed by atoms with E-state index in [1.807, 2.05) is 6.92 Å². The number of ether oxygens (including phenoxy) is 1. The lowest BCUT2D eigenvalue weighted by Gasteiger charge is -2.34. The number of hydrogen-bond acceptors (Lipinski definition) is 2. The third-order valence-corrected chi connectivity index (χ3v) is 3.70. The van der Waals surface area contributed by atoms with Crippen LogP contribution in [0.3, 0.4) is 0 Å². The molecule has 1 rings (SSSR count). The molecule has 0 radical (unpaired) electrons. The van der Waals surface area contributed by atoms with Crippen molar-refractivity contribution in [2.24, 2.45) is 11.8 Å². The zero-order valence-corrected chi connectivity index (χ0v) is 10.3. The fourth-order valence-electron chi connectivity index (χ4n) is 2.48. The highest BCUT2D eigenvalue weighted by atomic mass is 16.5. The van der Waals surface area contributed by atoms with Crippen molar-refractivity contribution in [3.8, 4) is 0 Å². The number of carbonyl (C=O) groups is 1. The lowest BCUT2D eigenvalue weighted by Crippen LogP contribution is -2.33. The van der Waals surface area contributed by atoms with E-state index in [0.717, 1.165) is 6.42 Å². The highest BCUT2D eigenvalue weighted by Crippen LogP contribution is 2.33. The molecule has 15 heavy (non-hydrogen) atoms. The van der Waals surface area contributed by atoms with Crippen LogP contribution in [0.5, 0.6) is 0 Å². The van der Waals surface area contributed by atoms with Gasteiger partial charge >= 0.3 is 5.97 Å². The van der Waals surface area contributed by atoms with Gasteiger partial charge in [0.05, 0.1) is 0 Å². The van der Waals surface area contributed by atoms with Crippen molar-refractivity contribution in [1.82, 2.24) is 0 Å². The number of carbonyl (C=O) groups excluding carboxylic acids is 1. The topological polar surface area (TPSA) is 26.3 Å². The van der Waals surface area contributed by atoms with Crippen LogP contribution in [0.25, 0.3) is 0 Å². The maximum atomic E-state index is 11.3. The van der Waals surface area contributed by atoms with Gasteiger partial charge in [-0.2, -0.15) is 0 Å². The molecule has 0 amide bonds. The summed E-state index contributed by atoms with van der Waals surface area (Å²) in [5.41, 5.74) is 0. The third-order valence-electron chi connectivity index (χ3n) is 3.70. The molecular formula is C13H24O2. The average Bonchev–Trinajstić information content (AvgIpc) is 2.28. The van der Waals surface area contributed by atoms with Crippen molar-refractivity contribution in [3.05, 3.63) is 0 Å². The van der Waals surface area contributed by atoms with E-state index in [2.05, 4.69) is 13.8 Å². The third kappa shape index (κ3) is 3.51. The second-order valence-corrected chi connectivity index (χ2v) is 4.72. The Hall–Kier alpha value is -0.530. The molecule has 1 aliphatic carbocycles. The molecule has 0 saturated heterocycles. The van der Waals surface area contributed by atoms with Gasteiger partial charge in [-0.1, -0.05) is 33.6 Å². The molecule has 1 saturated carbocycles. The second kappa shape index (κ2) is 6.14. The molecule has 0 aromatic carbocycles. The largest absolute Gasteiger partial charge is 0.462 e. The molecule has 0 spiro atoms. The average molecular weight is 212 g/mol. The van der Waals surface area contributed by atoms with Crippen molar-refractivity contribution in [3.63, 3.8) is 0 Å². The van der Waals surface area contributed by atoms with Crippen molar-refractivity contribution >= 4 is 5.97 Å². The van der Waals surface area contributed by atoms with Crippen LogP contribution in [-0.4, -0.2) is 12.1 Å². The van der Waals surface area contributed by atoms with Crippen LogP contribution < -0.4 is 0 Å². The summed E-state index contributed by atoms with van der Waals surface area (Å²) in [7, 11) is 0. The van der Waals surface area contributed by atoms with Crippen molar-refractivity contribution in [2.45, 2.75) is 65.4 Å². The van der Waals surface area contributed by atoms with Crippen LogP contribution in [0.1, 0.15) is 59.3 Å². The molecule has 88 valence electrons. The highest BCUT2D eigenvalue weighted by molar-refractivity contribution is 5.69. The van der Waals surface area contributed by atoms with E-state index in [1.165, 1.54) is 25.7 Å². The quantitative estimate of drug-likeness (QED) is 0.666. The second-order valence-electron chi connectivity index (χ2n) is 4.72. The van der Waals surface area contributed by atoms with Gasteiger partial charge in [0.15, 0.2) is 0 Å². The van der Waals surface area contributed by atoms with Gasteiger partial charge in [-0.25, -0.2) is 0 Å². The first-order valence-electron chi connectivity index (χ1n) is 6.38. The Bertz CT molecular complexity index is 201. The van der Waals surface area contributed by atoms with E-state index in [0.29, 0.717) is 18.3 Å². The fraction of sp³-hybridized carbons (Fsp3) is 0.923. The molecule has 0 heterocycles. The van der Waals surface area contributed by atoms with Crippen LogP contribution in [0.15, 0.2) is 0 Å². The van der Waals surface area contributed by atoms with Crippen molar-refractivity contribution in [2.75, 3.05) is 0 Å². The van der Waals surface area contributed by atoms with Gasteiger partial charge in [-0.15, -0.1) is 0 Å². The van der Waals surface area contributed by atoms with Crippen LogP contribution in [0.4, 0.5) is 0 Å². The van der Waals surface area contributed by atoms with Gasteiger partial charge in [-0.3, -0.25) is 4.79 Å². The summed E-state index contributed by atoms with van der Waals surface area (Å²) in [6.07, 6.45) is 6.71. The van der Waals surface area contributed by atoms with E-state index in [1.54, 1.807) is 0 Å². The monoisotopic (exact) mass is 212 g/mol. The zero-order valence-electron chi connectivity index (χ0n) is 10.3. The molecule has 0 aromatic rings. The Balaban J connectivity index is 2.53. The Labute approximate surface area is 93.4 Å². The molecule has 1 aliphatic rings. The van der Waals surface area contributed by atoms with Gasteiger partial charge in [0, 0.05) is 6.42 Å². The van der Waals surface area contributed by atoms with Gasteiger partial charge < -0.3 is 4.74 Å². The Kier molecular flexibility index (Phi) is 5.13. The van der Waals surface area contributed by atoms with Gasteiger partial charge in [0.1, 0.15) is 6.10 Å². The molecule has 0 aliphatic heterocycles. The van der Waals surface area contributed by atoms with Crippen LogP contribution >= 0.6 is 0 Å². The standard InChI is InChI=1S/C13H24O2/c1-4-10(3)11-8-6-7-9-12(11)15-13(14)5-2/h10-12H,4-9H2,1-3H3/t10-,11+,12-/m0/s1.